The van der Waals surface area contributed by atoms with Gasteiger partial charge in [0.05, 0.1) is 0 Å². The number of unbranched alkanes of at least 4 members (excludes halogenated alkanes) is 3. The van der Waals surface area contributed by atoms with Crippen LogP contribution in [0.5, 0.6) is 0 Å². The molecule has 0 bridgehead atoms. The van der Waals surface area contributed by atoms with Crippen molar-refractivity contribution in [2.75, 3.05) is 13.2 Å². The molecule has 14 heavy (non-hydrogen) atoms. The largest absolute Gasteiger partial charge is 0.396 e. The fourth-order valence-electron chi connectivity index (χ4n) is 1.01. The second-order valence-electron chi connectivity index (χ2n) is 3.26. The zero-order valence-electron chi connectivity index (χ0n) is 8.92. The van der Waals surface area contributed by atoms with Crippen molar-refractivity contribution in [1.29, 1.82) is 0 Å². The summed E-state index contributed by atoms with van der Waals surface area (Å²) in [5.74, 6) is -0.192. The lowest BCUT2D eigenvalue weighted by Crippen LogP contribution is -2.21. The number of carbonyl (C=O) groups is 1. The van der Waals surface area contributed by atoms with E-state index in [0.29, 0.717) is 13.0 Å². The summed E-state index contributed by atoms with van der Waals surface area (Å²) < 4.78 is 0. The van der Waals surface area contributed by atoms with E-state index < -0.39 is 0 Å². The third kappa shape index (κ3) is 9.48. The molecular formula is C10H21NO3. The van der Waals surface area contributed by atoms with Gasteiger partial charge in [0.15, 0.2) is 0 Å². The first-order valence-corrected chi connectivity index (χ1v) is 5.34. The number of hydrogen-bond donors (Lipinski definition) is 2. The average molecular weight is 203 g/mol. The molecule has 0 aromatic heterocycles. The summed E-state index contributed by atoms with van der Waals surface area (Å²) in [6.45, 7) is 2.89. The molecule has 0 unspecified atom stereocenters. The number of aliphatic hydroxyl groups excluding tert-OH is 1. The molecule has 0 saturated heterocycles. The molecule has 0 rings (SSSR count). The van der Waals surface area contributed by atoms with Gasteiger partial charge in [-0.05, 0) is 19.3 Å². The molecule has 0 aromatic carbocycles. The maximum atomic E-state index is 11.0. The van der Waals surface area contributed by atoms with Crippen molar-refractivity contribution >= 4 is 5.97 Å². The van der Waals surface area contributed by atoms with Crippen LogP contribution in [0.4, 0.5) is 0 Å². The van der Waals surface area contributed by atoms with Crippen LogP contribution in [0.2, 0.25) is 0 Å². The summed E-state index contributed by atoms with van der Waals surface area (Å²) in [5, 5.41) is 8.48. The van der Waals surface area contributed by atoms with Gasteiger partial charge < -0.3 is 9.94 Å². The van der Waals surface area contributed by atoms with Crippen molar-refractivity contribution in [2.45, 2.75) is 45.4 Å². The SMILES string of the molecule is CCCCCC(=O)ONCCCCO. The first kappa shape index (κ1) is 13.4. The molecule has 0 aliphatic rings. The molecule has 0 spiro atoms. The van der Waals surface area contributed by atoms with Crippen molar-refractivity contribution in [3.05, 3.63) is 0 Å². The predicted octanol–water partition coefficient (Wildman–Crippen LogP) is 1.39. The van der Waals surface area contributed by atoms with Crippen LogP contribution < -0.4 is 5.48 Å². The van der Waals surface area contributed by atoms with Gasteiger partial charge in [-0.15, -0.1) is 0 Å². The molecular weight excluding hydrogens is 182 g/mol. The van der Waals surface area contributed by atoms with E-state index in [9.17, 15) is 4.79 Å². The van der Waals surface area contributed by atoms with Gasteiger partial charge in [0.25, 0.3) is 0 Å². The van der Waals surface area contributed by atoms with Crippen molar-refractivity contribution in [3.63, 3.8) is 0 Å². The number of hydrogen-bond acceptors (Lipinski definition) is 4. The van der Waals surface area contributed by atoms with Crippen molar-refractivity contribution < 1.29 is 14.7 Å². The number of carbonyl (C=O) groups excluding carboxylic acids is 1. The van der Waals surface area contributed by atoms with Gasteiger partial charge in [-0.25, -0.2) is 0 Å². The molecule has 0 radical (unpaired) electrons. The van der Waals surface area contributed by atoms with Crippen LogP contribution in [0.25, 0.3) is 0 Å². The minimum atomic E-state index is -0.192. The van der Waals surface area contributed by atoms with Gasteiger partial charge >= 0.3 is 5.97 Å². The van der Waals surface area contributed by atoms with E-state index in [1.165, 1.54) is 0 Å². The van der Waals surface area contributed by atoms with E-state index in [2.05, 4.69) is 12.4 Å². The van der Waals surface area contributed by atoms with Gasteiger partial charge in [0, 0.05) is 19.6 Å². The highest BCUT2D eigenvalue weighted by atomic mass is 16.7. The standard InChI is InChI=1S/C10H21NO3/c1-2-3-4-7-10(13)14-11-8-5-6-9-12/h11-12H,2-9H2,1H3. The molecule has 0 atom stereocenters. The van der Waals surface area contributed by atoms with Gasteiger partial charge in [0.2, 0.25) is 0 Å². The molecule has 4 nitrogen and oxygen atoms in total. The quantitative estimate of drug-likeness (QED) is 0.439. The zero-order valence-corrected chi connectivity index (χ0v) is 8.92. The maximum absolute atomic E-state index is 11.0. The molecule has 84 valence electrons. The van der Waals surface area contributed by atoms with Crippen molar-refractivity contribution in [3.8, 4) is 0 Å². The Balaban J connectivity index is 3.10. The summed E-state index contributed by atoms with van der Waals surface area (Å²) in [5.41, 5.74) is 2.59. The second-order valence-corrected chi connectivity index (χ2v) is 3.26. The van der Waals surface area contributed by atoms with Crippen LogP contribution >= 0.6 is 0 Å². The maximum Gasteiger partial charge on any atom is 0.324 e. The highest BCUT2D eigenvalue weighted by Gasteiger charge is 2.01. The normalized spacial score (nSPS) is 10.1. The van der Waals surface area contributed by atoms with E-state index in [-0.39, 0.29) is 12.6 Å². The van der Waals surface area contributed by atoms with Gasteiger partial charge in [-0.3, -0.25) is 4.79 Å². The van der Waals surface area contributed by atoms with Crippen LogP contribution in [-0.2, 0) is 9.63 Å². The second kappa shape index (κ2) is 10.5. The lowest BCUT2D eigenvalue weighted by Gasteiger charge is -2.04. The molecule has 0 aromatic rings. The third-order valence-corrected chi connectivity index (χ3v) is 1.86. The van der Waals surface area contributed by atoms with E-state index >= 15 is 0 Å². The van der Waals surface area contributed by atoms with E-state index in [0.717, 1.165) is 32.1 Å². The Morgan fingerprint density at radius 2 is 2.07 bits per heavy atom. The first-order valence-electron chi connectivity index (χ1n) is 5.34. The highest BCUT2D eigenvalue weighted by molar-refractivity contribution is 5.68. The molecule has 0 heterocycles. The minimum Gasteiger partial charge on any atom is -0.396 e. The van der Waals surface area contributed by atoms with E-state index in [1.54, 1.807) is 0 Å². The number of aliphatic hydroxyl groups is 1. The molecule has 0 amide bonds. The molecule has 0 aliphatic carbocycles. The summed E-state index contributed by atoms with van der Waals surface area (Å²) >= 11 is 0. The monoisotopic (exact) mass is 203 g/mol. The molecule has 4 heteroatoms. The zero-order chi connectivity index (χ0) is 10.6. The average Bonchev–Trinajstić information content (AvgIpc) is 2.18. The lowest BCUT2D eigenvalue weighted by atomic mass is 10.2. The minimum absolute atomic E-state index is 0.187. The van der Waals surface area contributed by atoms with Crippen molar-refractivity contribution in [2.24, 2.45) is 0 Å². The summed E-state index contributed by atoms with van der Waals surface area (Å²) in [6, 6.07) is 0. The van der Waals surface area contributed by atoms with Gasteiger partial charge in [-0.2, -0.15) is 5.48 Å². The Labute approximate surface area is 85.6 Å². The third-order valence-electron chi connectivity index (χ3n) is 1.86. The smallest absolute Gasteiger partial charge is 0.324 e. The molecule has 0 saturated carbocycles. The van der Waals surface area contributed by atoms with E-state index in [1.807, 2.05) is 0 Å². The van der Waals surface area contributed by atoms with Crippen LogP contribution in [0.1, 0.15) is 45.4 Å². The van der Waals surface area contributed by atoms with Crippen LogP contribution in [-0.4, -0.2) is 24.2 Å². The van der Waals surface area contributed by atoms with Crippen molar-refractivity contribution in [1.82, 2.24) is 5.48 Å². The number of rotatable bonds is 9. The Morgan fingerprint density at radius 1 is 1.29 bits per heavy atom. The molecule has 2 N–H and O–H groups in total. The highest BCUT2D eigenvalue weighted by Crippen LogP contribution is 1.99. The topological polar surface area (TPSA) is 58.6 Å². The summed E-state index contributed by atoms with van der Waals surface area (Å²) in [7, 11) is 0. The number of hydroxylamine groups is 1. The predicted molar refractivity (Wildman–Crippen MR) is 54.6 cm³/mol. The fraction of sp³-hybridized carbons (Fsp3) is 0.900. The summed E-state index contributed by atoms with van der Waals surface area (Å²) in [4.78, 5) is 15.8. The number of nitrogens with one attached hydrogen (secondary N) is 1. The van der Waals surface area contributed by atoms with Crippen LogP contribution in [0, 0.1) is 0 Å². The Morgan fingerprint density at radius 3 is 2.71 bits per heavy atom. The Hall–Kier alpha value is -0.610. The molecule has 0 aliphatic heterocycles. The first-order chi connectivity index (χ1) is 6.81. The van der Waals surface area contributed by atoms with Crippen LogP contribution in [0.15, 0.2) is 0 Å². The Bertz CT molecular complexity index is 139. The Kier molecular flexibility index (Phi) is 10.0. The van der Waals surface area contributed by atoms with Gasteiger partial charge in [-0.1, -0.05) is 19.8 Å². The van der Waals surface area contributed by atoms with Crippen LogP contribution in [0.3, 0.4) is 0 Å². The molecule has 0 fully saturated rings. The van der Waals surface area contributed by atoms with Gasteiger partial charge in [0.1, 0.15) is 0 Å². The van der Waals surface area contributed by atoms with E-state index in [4.69, 9.17) is 9.94 Å². The fourth-order valence-corrected chi connectivity index (χ4v) is 1.01. The lowest BCUT2D eigenvalue weighted by molar-refractivity contribution is -0.151. The summed E-state index contributed by atoms with van der Waals surface area (Å²) in [6.07, 6.45) is 5.12.